The maximum atomic E-state index is 12.7. The van der Waals surface area contributed by atoms with E-state index in [0.29, 0.717) is 5.75 Å². The number of ether oxygens (including phenoxy) is 1. The Morgan fingerprint density at radius 3 is 2.46 bits per heavy atom. The molecule has 5 nitrogen and oxygen atoms in total. The first-order valence-electron chi connectivity index (χ1n) is 7.22. The highest BCUT2D eigenvalue weighted by Crippen LogP contribution is 2.36. The second-order valence-corrected chi connectivity index (χ2v) is 7.60. The average molecular weight is 408 g/mol. The Hall–Kier alpha value is -2.59. The molecule has 0 aliphatic carbocycles. The van der Waals surface area contributed by atoms with E-state index in [9.17, 15) is 13.5 Å². The number of halogens is 2. The standard InChI is InChI=1S/C18H11Cl2NO4S/c19-12-10-14(20)18(22)17(11-12)26(23,24)21-15-8-4-5-9-16(15)25-13-6-2-1-3-7-13/h1-3,6-11,21-22H. The van der Waals surface area contributed by atoms with Crippen LogP contribution in [-0.4, -0.2) is 13.5 Å². The summed E-state index contributed by atoms with van der Waals surface area (Å²) in [5, 5.41) is 9.88. The fourth-order valence-corrected chi connectivity index (χ4v) is 3.92. The molecule has 2 N–H and O–H groups in total. The van der Waals surface area contributed by atoms with Crippen LogP contribution < -0.4 is 9.46 Å². The first-order valence-corrected chi connectivity index (χ1v) is 9.46. The summed E-state index contributed by atoms with van der Waals surface area (Å²) in [7, 11) is -4.19. The Kier molecular flexibility index (Phi) is 5.14. The van der Waals surface area contributed by atoms with Gasteiger partial charge >= 0.3 is 0 Å². The van der Waals surface area contributed by atoms with Crippen molar-refractivity contribution >= 4 is 38.9 Å². The van der Waals surface area contributed by atoms with Crippen molar-refractivity contribution in [2.75, 3.05) is 4.72 Å². The molecular weight excluding hydrogens is 397 g/mol. The summed E-state index contributed by atoms with van der Waals surface area (Å²) in [4.78, 5) is -0.450. The largest absolute Gasteiger partial charge is 0.505 e. The first kappa shape index (κ1) is 18.2. The number of phenols is 1. The molecule has 0 aliphatic heterocycles. The van der Waals surface area contributed by atoms with Gasteiger partial charge in [-0.2, -0.15) is 0 Å². The fraction of sp³-hybridized carbons (Fsp3) is 0. The molecule has 0 radical (unpaired) electrons. The SMILES string of the molecule is O=S(=O)(Nc1cc#ccc1Oc1ccccc1)c1cc(Cl)cc(Cl)c1O. The topological polar surface area (TPSA) is 75.6 Å². The Balaban J connectivity index is 1.96. The molecule has 132 valence electrons. The molecule has 8 heteroatoms. The average Bonchev–Trinajstić information content (AvgIpc) is 2.60. The van der Waals surface area contributed by atoms with Gasteiger partial charge in [-0.05, 0) is 24.3 Å². The number of sulfonamides is 1. The van der Waals surface area contributed by atoms with Gasteiger partial charge in [-0.15, -0.1) is 0 Å². The number of rotatable bonds is 5. The van der Waals surface area contributed by atoms with E-state index in [2.05, 4.69) is 16.9 Å². The third-order valence-electron chi connectivity index (χ3n) is 3.27. The molecule has 0 unspecified atom stereocenters. The Morgan fingerprint density at radius 1 is 1.04 bits per heavy atom. The molecule has 3 aromatic rings. The van der Waals surface area contributed by atoms with Crippen LogP contribution in [0.25, 0.3) is 0 Å². The summed E-state index contributed by atoms with van der Waals surface area (Å²) < 4.78 is 33.3. The van der Waals surface area contributed by atoms with Crippen molar-refractivity contribution in [2.45, 2.75) is 4.90 Å². The summed E-state index contributed by atoms with van der Waals surface area (Å²) in [5.41, 5.74) is 0.114. The smallest absolute Gasteiger partial charge is 0.265 e. The second kappa shape index (κ2) is 7.34. The second-order valence-electron chi connectivity index (χ2n) is 5.11. The molecule has 0 bridgehead atoms. The number of hydrogen-bond donors (Lipinski definition) is 2. The van der Waals surface area contributed by atoms with Crippen molar-refractivity contribution in [1.29, 1.82) is 0 Å². The van der Waals surface area contributed by atoms with Gasteiger partial charge in [0.05, 0.1) is 5.02 Å². The van der Waals surface area contributed by atoms with Crippen LogP contribution in [0.5, 0.6) is 17.2 Å². The van der Waals surface area contributed by atoms with Crippen LogP contribution in [0.1, 0.15) is 0 Å². The molecule has 0 heterocycles. The van der Waals surface area contributed by atoms with Crippen LogP contribution in [0.4, 0.5) is 5.69 Å². The summed E-state index contributed by atoms with van der Waals surface area (Å²) in [6.45, 7) is 0. The number of nitrogens with one attached hydrogen (secondary N) is 1. The van der Waals surface area contributed by atoms with E-state index in [1.807, 2.05) is 6.07 Å². The van der Waals surface area contributed by atoms with Crippen LogP contribution in [0.15, 0.2) is 59.5 Å². The minimum atomic E-state index is -4.19. The molecule has 0 saturated heterocycles. The predicted octanol–water partition coefficient (Wildman–Crippen LogP) is 4.89. The zero-order valence-electron chi connectivity index (χ0n) is 13.0. The molecule has 3 aromatic carbocycles. The molecule has 0 fully saturated rings. The fourth-order valence-electron chi connectivity index (χ4n) is 2.10. The molecule has 0 saturated carbocycles. The van der Waals surface area contributed by atoms with Gasteiger partial charge in [0.1, 0.15) is 16.3 Å². The monoisotopic (exact) mass is 407 g/mol. The zero-order chi connectivity index (χ0) is 18.7. The molecule has 26 heavy (non-hydrogen) atoms. The van der Waals surface area contributed by atoms with Gasteiger partial charge in [0.2, 0.25) is 0 Å². The van der Waals surface area contributed by atoms with Gasteiger partial charge < -0.3 is 9.84 Å². The Morgan fingerprint density at radius 2 is 1.73 bits per heavy atom. The highest BCUT2D eigenvalue weighted by Gasteiger charge is 2.23. The summed E-state index contributed by atoms with van der Waals surface area (Å²) in [6.07, 6.45) is 0. The number of hydrogen-bond acceptors (Lipinski definition) is 4. The Labute approximate surface area is 160 Å². The zero-order valence-corrected chi connectivity index (χ0v) is 15.4. The summed E-state index contributed by atoms with van der Waals surface area (Å²) in [6, 6.07) is 19.3. The molecule has 3 rings (SSSR count). The van der Waals surface area contributed by atoms with E-state index >= 15 is 0 Å². The molecule has 0 aromatic heterocycles. The van der Waals surface area contributed by atoms with E-state index < -0.39 is 20.7 Å². The number of phenolic OH excluding ortho intramolecular Hbond substituents is 1. The van der Waals surface area contributed by atoms with Crippen molar-refractivity contribution in [3.8, 4) is 17.2 Å². The minimum Gasteiger partial charge on any atom is -0.505 e. The lowest BCUT2D eigenvalue weighted by Crippen LogP contribution is -2.14. The van der Waals surface area contributed by atoms with Crippen LogP contribution in [0.3, 0.4) is 0 Å². The first-order chi connectivity index (χ1) is 12.4. The molecule has 0 aliphatic rings. The van der Waals surface area contributed by atoms with Crippen LogP contribution >= 0.6 is 23.2 Å². The maximum absolute atomic E-state index is 12.7. The van der Waals surface area contributed by atoms with Gasteiger partial charge in [0, 0.05) is 17.2 Å². The maximum Gasteiger partial charge on any atom is 0.265 e. The van der Waals surface area contributed by atoms with Gasteiger partial charge in [-0.25, -0.2) is 8.42 Å². The van der Waals surface area contributed by atoms with Crippen molar-refractivity contribution in [3.63, 3.8) is 0 Å². The van der Waals surface area contributed by atoms with Crippen molar-refractivity contribution < 1.29 is 18.3 Å². The number of para-hydroxylation sites is 1. The normalized spacial score (nSPS) is 10.8. The van der Waals surface area contributed by atoms with Gasteiger partial charge in [-0.1, -0.05) is 53.5 Å². The lowest BCUT2D eigenvalue weighted by atomic mass is 10.3. The Bertz CT molecular complexity index is 1040. The number of anilines is 1. The molecule has 0 spiro atoms. The minimum absolute atomic E-state index is 0.0712. The quantitative estimate of drug-likeness (QED) is 0.630. The number of benzene rings is 2. The van der Waals surface area contributed by atoms with Crippen LogP contribution in [0, 0.1) is 12.1 Å². The lowest BCUT2D eigenvalue weighted by molar-refractivity contribution is 0.459. The van der Waals surface area contributed by atoms with Gasteiger partial charge in [-0.3, -0.25) is 4.72 Å². The molecular formula is C18H11Cl2NO4S. The van der Waals surface area contributed by atoms with E-state index in [0.717, 1.165) is 6.07 Å². The van der Waals surface area contributed by atoms with Crippen molar-refractivity contribution in [3.05, 3.63) is 76.8 Å². The van der Waals surface area contributed by atoms with E-state index in [-0.39, 0.29) is 21.5 Å². The third-order valence-corrected chi connectivity index (χ3v) is 5.15. The predicted molar refractivity (Wildman–Crippen MR) is 99.6 cm³/mol. The summed E-state index contributed by atoms with van der Waals surface area (Å²) >= 11 is 11.7. The van der Waals surface area contributed by atoms with E-state index in [1.165, 1.54) is 18.2 Å². The molecule has 0 atom stereocenters. The van der Waals surface area contributed by atoms with Crippen LogP contribution in [0.2, 0.25) is 10.0 Å². The van der Waals surface area contributed by atoms with Crippen molar-refractivity contribution in [1.82, 2.24) is 0 Å². The van der Waals surface area contributed by atoms with Gasteiger partial charge in [0.15, 0.2) is 11.5 Å². The van der Waals surface area contributed by atoms with E-state index in [1.54, 1.807) is 24.3 Å². The molecule has 0 amide bonds. The van der Waals surface area contributed by atoms with Crippen LogP contribution in [-0.2, 0) is 10.0 Å². The lowest BCUT2D eigenvalue weighted by Gasteiger charge is -2.13. The summed E-state index contributed by atoms with van der Waals surface area (Å²) in [5.74, 6) is 0.132. The highest BCUT2D eigenvalue weighted by molar-refractivity contribution is 7.92. The number of aromatic hydroxyl groups is 1. The van der Waals surface area contributed by atoms with E-state index in [4.69, 9.17) is 27.9 Å². The van der Waals surface area contributed by atoms with Gasteiger partial charge in [0.25, 0.3) is 10.0 Å². The third kappa shape index (κ3) is 3.97. The highest BCUT2D eigenvalue weighted by atomic mass is 35.5. The van der Waals surface area contributed by atoms with Crippen molar-refractivity contribution in [2.24, 2.45) is 0 Å².